The van der Waals surface area contributed by atoms with E-state index in [1.165, 1.54) is 6.92 Å². The molecule has 3 N–H and O–H groups in total. The largest absolute Gasteiger partial charge is 0.326 e. The summed E-state index contributed by atoms with van der Waals surface area (Å²) in [5.74, 6) is -0.0606. The SMILES string of the molecule is CC(=O)Nc1ccc(SC(C)(C)N)cc1. The van der Waals surface area contributed by atoms with Crippen molar-refractivity contribution in [3.05, 3.63) is 24.3 Å². The van der Waals surface area contributed by atoms with Crippen LogP contribution in [-0.2, 0) is 4.79 Å². The van der Waals surface area contributed by atoms with Crippen molar-refractivity contribution in [3.8, 4) is 0 Å². The lowest BCUT2D eigenvalue weighted by Gasteiger charge is -2.17. The van der Waals surface area contributed by atoms with Crippen LogP contribution in [0.1, 0.15) is 20.8 Å². The van der Waals surface area contributed by atoms with Crippen molar-refractivity contribution in [1.29, 1.82) is 0 Å². The van der Waals surface area contributed by atoms with Crippen molar-refractivity contribution in [1.82, 2.24) is 0 Å². The quantitative estimate of drug-likeness (QED) is 0.612. The van der Waals surface area contributed by atoms with Crippen LogP contribution in [-0.4, -0.2) is 10.8 Å². The molecule has 0 fully saturated rings. The maximum atomic E-state index is 10.8. The standard InChI is InChI=1S/C11H16N2OS/c1-8(14)13-9-4-6-10(7-5-9)15-11(2,3)12/h4-7H,12H2,1-3H3,(H,13,14). The van der Waals surface area contributed by atoms with Gasteiger partial charge in [0.05, 0.1) is 4.87 Å². The highest BCUT2D eigenvalue weighted by Crippen LogP contribution is 2.28. The highest BCUT2D eigenvalue weighted by Gasteiger charge is 2.11. The van der Waals surface area contributed by atoms with Crippen LogP contribution in [0.4, 0.5) is 5.69 Å². The molecule has 15 heavy (non-hydrogen) atoms. The first kappa shape index (κ1) is 12.1. The molecule has 0 spiro atoms. The number of nitrogens with one attached hydrogen (secondary N) is 1. The highest BCUT2D eigenvalue weighted by molar-refractivity contribution is 8.00. The molecule has 0 unspecified atom stereocenters. The molecule has 0 atom stereocenters. The van der Waals surface area contributed by atoms with E-state index in [4.69, 9.17) is 5.73 Å². The van der Waals surface area contributed by atoms with Crippen LogP contribution in [0.5, 0.6) is 0 Å². The summed E-state index contributed by atoms with van der Waals surface area (Å²) in [4.78, 5) is 11.6. The highest BCUT2D eigenvalue weighted by atomic mass is 32.2. The topological polar surface area (TPSA) is 55.1 Å². The zero-order chi connectivity index (χ0) is 11.5. The first-order chi connectivity index (χ1) is 6.87. The van der Waals surface area contributed by atoms with Gasteiger partial charge in [0.1, 0.15) is 0 Å². The molecular weight excluding hydrogens is 208 g/mol. The van der Waals surface area contributed by atoms with Gasteiger partial charge >= 0.3 is 0 Å². The van der Waals surface area contributed by atoms with E-state index in [9.17, 15) is 4.79 Å². The van der Waals surface area contributed by atoms with Gasteiger partial charge in [0, 0.05) is 17.5 Å². The summed E-state index contributed by atoms with van der Waals surface area (Å²) in [7, 11) is 0. The number of rotatable bonds is 3. The van der Waals surface area contributed by atoms with Gasteiger partial charge in [0.2, 0.25) is 5.91 Å². The van der Waals surface area contributed by atoms with Crippen LogP contribution in [0.2, 0.25) is 0 Å². The van der Waals surface area contributed by atoms with E-state index in [0.717, 1.165) is 10.6 Å². The summed E-state index contributed by atoms with van der Waals surface area (Å²) in [6.45, 7) is 5.41. The Morgan fingerprint density at radius 1 is 1.33 bits per heavy atom. The number of hydrogen-bond donors (Lipinski definition) is 2. The predicted molar refractivity (Wildman–Crippen MR) is 64.9 cm³/mol. The number of carbonyl (C=O) groups excluding carboxylic acids is 1. The van der Waals surface area contributed by atoms with Crippen molar-refractivity contribution in [2.75, 3.05) is 5.32 Å². The van der Waals surface area contributed by atoms with Gasteiger partial charge in [-0.05, 0) is 38.1 Å². The van der Waals surface area contributed by atoms with Crippen LogP contribution in [0.25, 0.3) is 0 Å². The summed E-state index contributed by atoms with van der Waals surface area (Å²) in [5.41, 5.74) is 6.69. The van der Waals surface area contributed by atoms with E-state index in [0.29, 0.717) is 0 Å². The van der Waals surface area contributed by atoms with E-state index in [1.807, 2.05) is 38.1 Å². The fourth-order valence-electron chi connectivity index (χ4n) is 1.11. The lowest BCUT2D eigenvalue weighted by Crippen LogP contribution is -2.26. The molecule has 0 radical (unpaired) electrons. The molecule has 3 nitrogen and oxygen atoms in total. The molecular formula is C11H16N2OS. The van der Waals surface area contributed by atoms with Gasteiger partial charge in [0.25, 0.3) is 0 Å². The van der Waals surface area contributed by atoms with E-state index in [-0.39, 0.29) is 10.8 Å². The Morgan fingerprint density at radius 2 is 1.87 bits per heavy atom. The second-order valence-electron chi connectivity index (χ2n) is 3.91. The fourth-order valence-corrected chi connectivity index (χ4v) is 1.99. The summed E-state index contributed by atoms with van der Waals surface area (Å²) in [6, 6.07) is 7.64. The Morgan fingerprint density at radius 3 is 2.27 bits per heavy atom. The van der Waals surface area contributed by atoms with Gasteiger partial charge in [-0.2, -0.15) is 0 Å². The number of amides is 1. The second kappa shape index (κ2) is 4.68. The lowest BCUT2D eigenvalue weighted by atomic mass is 10.3. The van der Waals surface area contributed by atoms with Gasteiger partial charge < -0.3 is 11.1 Å². The Kier molecular flexibility index (Phi) is 3.77. The number of carbonyl (C=O) groups is 1. The molecule has 0 saturated heterocycles. The van der Waals surface area contributed by atoms with Crippen LogP contribution in [0.3, 0.4) is 0 Å². The maximum absolute atomic E-state index is 10.8. The zero-order valence-corrected chi connectivity index (χ0v) is 10.0. The number of nitrogens with two attached hydrogens (primary N) is 1. The smallest absolute Gasteiger partial charge is 0.221 e. The summed E-state index contributed by atoms with van der Waals surface area (Å²) in [5, 5.41) is 2.72. The average Bonchev–Trinajstić information content (AvgIpc) is 2.05. The summed E-state index contributed by atoms with van der Waals surface area (Å²) < 4.78 is 0. The van der Waals surface area contributed by atoms with Crippen molar-refractivity contribution in [2.45, 2.75) is 30.5 Å². The lowest BCUT2D eigenvalue weighted by molar-refractivity contribution is -0.114. The molecule has 1 aromatic rings. The number of thioether (sulfide) groups is 1. The van der Waals surface area contributed by atoms with Gasteiger partial charge in [-0.3, -0.25) is 4.79 Å². The van der Waals surface area contributed by atoms with E-state index < -0.39 is 0 Å². The molecule has 1 rings (SSSR count). The minimum absolute atomic E-state index is 0.0606. The maximum Gasteiger partial charge on any atom is 0.221 e. The van der Waals surface area contributed by atoms with Crippen molar-refractivity contribution in [2.24, 2.45) is 5.73 Å². The Balaban J connectivity index is 2.68. The minimum Gasteiger partial charge on any atom is -0.326 e. The molecule has 0 bridgehead atoms. The molecule has 0 aliphatic heterocycles. The van der Waals surface area contributed by atoms with Gasteiger partial charge in [-0.25, -0.2) is 0 Å². The van der Waals surface area contributed by atoms with Crippen LogP contribution in [0, 0.1) is 0 Å². The minimum atomic E-state index is -0.282. The number of benzene rings is 1. The Labute approximate surface area is 94.4 Å². The third kappa shape index (κ3) is 4.85. The third-order valence-corrected chi connectivity index (χ3v) is 2.59. The first-order valence-electron chi connectivity index (χ1n) is 4.72. The second-order valence-corrected chi connectivity index (χ2v) is 5.64. The van der Waals surface area contributed by atoms with Gasteiger partial charge in [-0.15, -0.1) is 11.8 Å². The van der Waals surface area contributed by atoms with E-state index >= 15 is 0 Å². The third-order valence-electron chi connectivity index (χ3n) is 1.56. The predicted octanol–water partition coefficient (Wildman–Crippen LogP) is 2.43. The molecule has 0 heterocycles. The van der Waals surface area contributed by atoms with Crippen LogP contribution >= 0.6 is 11.8 Å². The number of hydrogen-bond acceptors (Lipinski definition) is 3. The van der Waals surface area contributed by atoms with Crippen LogP contribution < -0.4 is 11.1 Å². The van der Waals surface area contributed by atoms with Gasteiger partial charge in [-0.1, -0.05) is 0 Å². The number of anilines is 1. The Bertz CT molecular complexity index is 341. The molecule has 0 saturated carbocycles. The van der Waals surface area contributed by atoms with Crippen molar-refractivity contribution < 1.29 is 4.79 Å². The van der Waals surface area contributed by atoms with E-state index in [1.54, 1.807) is 11.8 Å². The molecule has 1 aromatic carbocycles. The molecule has 1 amide bonds. The van der Waals surface area contributed by atoms with Gasteiger partial charge in [0.15, 0.2) is 0 Å². The molecule has 82 valence electrons. The van der Waals surface area contributed by atoms with Crippen molar-refractivity contribution >= 4 is 23.4 Å². The molecule has 0 aliphatic rings. The van der Waals surface area contributed by atoms with Crippen LogP contribution in [0.15, 0.2) is 29.2 Å². The monoisotopic (exact) mass is 224 g/mol. The molecule has 4 heteroatoms. The Hall–Kier alpha value is -1.00. The van der Waals surface area contributed by atoms with Crippen molar-refractivity contribution in [3.63, 3.8) is 0 Å². The van der Waals surface area contributed by atoms with E-state index in [2.05, 4.69) is 5.32 Å². The zero-order valence-electron chi connectivity index (χ0n) is 9.20. The average molecular weight is 224 g/mol. The normalized spacial score (nSPS) is 11.2. The molecule has 0 aliphatic carbocycles. The molecule has 0 aromatic heterocycles. The first-order valence-corrected chi connectivity index (χ1v) is 5.54. The summed E-state index contributed by atoms with van der Waals surface area (Å²) in [6.07, 6.45) is 0. The fraction of sp³-hybridized carbons (Fsp3) is 0.364. The summed E-state index contributed by atoms with van der Waals surface area (Å²) >= 11 is 1.59.